The molecule has 3 aliphatic rings. The fraction of sp³-hybridized carbons (Fsp3) is 0.929. The lowest BCUT2D eigenvalue weighted by Gasteiger charge is -2.23. The summed E-state index contributed by atoms with van der Waals surface area (Å²) in [7, 11) is 2.16. The maximum Gasteiger partial charge on any atom is 0.223 e. The topological polar surface area (TPSA) is 44.4 Å². The van der Waals surface area contributed by atoms with Gasteiger partial charge in [0.05, 0.1) is 0 Å². The van der Waals surface area contributed by atoms with Crippen LogP contribution in [-0.2, 0) is 4.79 Å². The van der Waals surface area contributed by atoms with Crippen LogP contribution in [-0.4, -0.2) is 50.6 Å². The third-order valence-electron chi connectivity index (χ3n) is 5.16. The number of likely N-dealkylation sites (tertiary alicyclic amines) is 1. The van der Waals surface area contributed by atoms with E-state index in [0.29, 0.717) is 23.2 Å². The van der Waals surface area contributed by atoms with E-state index in [1.807, 2.05) is 0 Å². The molecule has 2 atom stereocenters. The predicted octanol–water partition coefficient (Wildman–Crippen LogP) is 1.29. The van der Waals surface area contributed by atoms with Crippen molar-refractivity contribution in [3.63, 3.8) is 0 Å². The molecule has 1 aliphatic carbocycles. The molecule has 2 heterocycles. The molecule has 2 unspecified atom stereocenters. The van der Waals surface area contributed by atoms with Crippen LogP contribution in [0, 0.1) is 17.3 Å². The second-order valence-electron chi connectivity index (χ2n) is 6.53. The summed E-state index contributed by atoms with van der Waals surface area (Å²) < 4.78 is 0. The van der Waals surface area contributed by atoms with Crippen LogP contribution < -0.4 is 10.6 Å². The SMILES string of the molecule is CN1CCC(CNC(=O)C2CC23CCNCC3)C1.Cl.Cl. The summed E-state index contributed by atoms with van der Waals surface area (Å²) in [6.07, 6.45) is 4.75. The Balaban J connectivity index is 0.000001000. The number of nitrogens with zero attached hydrogens (tertiary/aromatic N) is 1. The third-order valence-corrected chi connectivity index (χ3v) is 5.16. The first kappa shape index (κ1) is 18.0. The molecule has 0 aromatic carbocycles. The molecule has 1 amide bonds. The fourth-order valence-electron chi connectivity index (χ4n) is 3.76. The Morgan fingerprint density at radius 1 is 1.35 bits per heavy atom. The fourth-order valence-corrected chi connectivity index (χ4v) is 3.76. The Bertz CT molecular complexity index is 334. The predicted molar refractivity (Wildman–Crippen MR) is 85.8 cm³/mol. The van der Waals surface area contributed by atoms with Gasteiger partial charge in [-0.3, -0.25) is 4.79 Å². The lowest BCUT2D eigenvalue weighted by atomic mass is 9.91. The molecule has 2 saturated heterocycles. The van der Waals surface area contributed by atoms with E-state index in [4.69, 9.17) is 0 Å². The maximum absolute atomic E-state index is 12.2. The van der Waals surface area contributed by atoms with Gasteiger partial charge in [0.2, 0.25) is 5.91 Å². The van der Waals surface area contributed by atoms with E-state index in [1.165, 1.54) is 25.8 Å². The van der Waals surface area contributed by atoms with Crippen molar-refractivity contribution < 1.29 is 4.79 Å². The van der Waals surface area contributed by atoms with E-state index in [2.05, 4.69) is 22.6 Å². The van der Waals surface area contributed by atoms with Gasteiger partial charge in [0, 0.05) is 19.0 Å². The van der Waals surface area contributed by atoms with Crippen molar-refractivity contribution in [3.8, 4) is 0 Å². The second-order valence-corrected chi connectivity index (χ2v) is 6.53. The minimum absolute atomic E-state index is 0. The van der Waals surface area contributed by atoms with Gasteiger partial charge in [-0.1, -0.05) is 0 Å². The van der Waals surface area contributed by atoms with Crippen LogP contribution in [0.4, 0.5) is 0 Å². The summed E-state index contributed by atoms with van der Waals surface area (Å²) in [5.74, 6) is 1.31. The molecule has 3 fully saturated rings. The largest absolute Gasteiger partial charge is 0.356 e. The second kappa shape index (κ2) is 7.30. The number of carbonyl (C=O) groups is 1. The van der Waals surface area contributed by atoms with Crippen molar-refractivity contribution in [3.05, 3.63) is 0 Å². The molecule has 2 N–H and O–H groups in total. The van der Waals surface area contributed by atoms with Gasteiger partial charge in [-0.25, -0.2) is 0 Å². The number of hydrogen-bond donors (Lipinski definition) is 2. The van der Waals surface area contributed by atoms with E-state index in [1.54, 1.807) is 0 Å². The number of nitrogens with one attached hydrogen (secondary N) is 2. The van der Waals surface area contributed by atoms with Crippen LogP contribution in [0.2, 0.25) is 0 Å². The molecule has 20 heavy (non-hydrogen) atoms. The van der Waals surface area contributed by atoms with E-state index in [-0.39, 0.29) is 24.8 Å². The first-order valence-electron chi connectivity index (χ1n) is 7.37. The quantitative estimate of drug-likeness (QED) is 0.822. The summed E-state index contributed by atoms with van der Waals surface area (Å²) in [6, 6.07) is 0. The first-order valence-corrected chi connectivity index (χ1v) is 7.37. The Kier molecular flexibility index (Phi) is 6.58. The van der Waals surface area contributed by atoms with Gasteiger partial charge in [0.1, 0.15) is 0 Å². The lowest BCUT2D eigenvalue weighted by Crippen LogP contribution is -2.35. The molecular formula is C14H27Cl2N3O. The Hall–Kier alpha value is -0.0300. The molecule has 6 heteroatoms. The summed E-state index contributed by atoms with van der Waals surface area (Å²) in [4.78, 5) is 14.5. The molecule has 1 saturated carbocycles. The summed E-state index contributed by atoms with van der Waals surface area (Å²) in [5, 5.41) is 6.58. The highest BCUT2D eigenvalue weighted by molar-refractivity contribution is 5.85. The summed E-state index contributed by atoms with van der Waals surface area (Å²) in [5.41, 5.74) is 0.377. The van der Waals surface area contributed by atoms with E-state index >= 15 is 0 Å². The number of halogens is 2. The van der Waals surface area contributed by atoms with Gasteiger partial charge in [-0.2, -0.15) is 0 Å². The van der Waals surface area contributed by atoms with Gasteiger partial charge >= 0.3 is 0 Å². The van der Waals surface area contributed by atoms with Gasteiger partial charge in [0.15, 0.2) is 0 Å². The normalized spacial score (nSPS) is 31.2. The van der Waals surface area contributed by atoms with Gasteiger partial charge in [-0.05, 0) is 63.7 Å². The van der Waals surface area contributed by atoms with Gasteiger partial charge < -0.3 is 15.5 Å². The molecule has 2 aliphatic heterocycles. The minimum atomic E-state index is 0. The Morgan fingerprint density at radius 3 is 2.65 bits per heavy atom. The minimum Gasteiger partial charge on any atom is -0.356 e. The molecule has 0 aromatic rings. The molecule has 3 rings (SSSR count). The number of hydrogen-bond acceptors (Lipinski definition) is 3. The number of piperidine rings is 1. The molecule has 1 spiro atoms. The first-order chi connectivity index (χ1) is 8.70. The van der Waals surface area contributed by atoms with Crippen LogP contribution in [0.5, 0.6) is 0 Å². The zero-order chi connectivity index (χ0) is 12.6. The van der Waals surface area contributed by atoms with Crippen molar-refractivity contribution in [2.24, 2.45) is 17.3 Å². The van der Waals surface area contributed by atoms with E-state index < -0.39 is 0 Å². The summed E-state index contributed by atoms with van der Waals surface area (Å²) >= 11 is 0. The van der Waals surface area contributed by atoms with E-state index in [9.17, 15) is 4.79 Å². The van der Waals surface area contributed by atoms with Crippen LogP contribution in [0.1, 0.15) is 25.7 Å². The van der Waals surface area contributed by atoms with Crippen LogP contribution in [0.15, 0.2) is 0 Å². The standard InChI is InChI=1S/C14H25N3O.2ClH/c1-17-7-2-11(10-17)9-16-13(18)12-8-14(12)3-5-15-6-4-14;;/h11-12,15H,2-10H2,1H3,(H,16,18);2*1H. The van der Waals surface area contributed by atoms with Crippen LogP contribution in [0.25, 0.3) is 0 Å². The average Bonchev–Trinajstić information content (AvgIpc) is 2.89. The number of amides is 1. The molecular weight excluding hydrogens is 297 g/mol. The van der Waals surface area contributed by atoms with Crippen molar-refractivity contribution >= 4 is 30.7 Å². The van der Waals surface area contributed by atoms with Gasteiger partial charge in [0.25, 0.3) is 0 Å². The van der Waals surface area contributed by atoms with Crippen molar-refractivity contribution in [1.29, 1.82) is 0 Å². The van der Waals surface area contributed by atoms with Gasteiger partial charge in [-0.15, -0.1) is 24.8 Å². The monoisotopic (exact) mass is 323 g/mol. The molecule has 4 nitrogen and oxygen atoms in total. The Labute approximate surface area is 134 Å². The lowest BCUT2D eigenvalue weighted by molar-refractivity contribution is -0.123. The summed E-state index contributed by atoms with van der Waals surface area (Å²) in [6.45, 7) is 5.39. The number of carbonyl (C=O) groups excluding carboxylic acids is 1. The molecule has 0 aromatic heterocycles. The molecule has 0 bridgehead atoms. The van der Waals surface area contributed by atoms with Crippen molar-refractivity contribution in [2.45, 2.75) is 25.7 Å². The molecule has 118 valence electrons. The van der Waals surface area contributed by atoms with Crippen LogP contribution >= 0.6 is 24.8 Å². The maximum atomic E-state index is 12.2. The zero-order valence-corrected chi connectivity index (χ0v) is 13.8. The van der Waals surface area contributed by atoms with Crippen molar-refractivity contribution in [1.82, 2.24) is 15.5 Å². The van der Waals surface area contributed by atoms with E-state index in [0.717, 1.165) is 32.6 Å². The average molecular weight is 324 g/mol. The Morgan fingerprint density at radius 2 is 2.05 bits per heavy atom. The third kappa shape index (κ3) is 3.79. The molecule has 0 radical (unpaired) electrons. The highest BCUT2D eigenvalue weighted by Gasteiger charge is 2.57. The van der Waals surface area contributed by atoms with Crippen molar-refractivity contribution in [2.75, 3.05) is 39.8 Å². The number of rotatable bonds is 3. The van der Waals surface area contributed by atoms with Crippen LogP contribution in [0.3, 0.4) is 0 Å². The zero-order valence-electron chi connectivity index (χ0n) is 12.2. The highest BCUT2D eigenvalue weighted by Crippen LogP contribution is 2.58. The highest BCUT2D eigenvalue weighted by atomic mass is 35.5. The smallest absolute Gasteiger partial charge is 0.223 e.